The molecule has 1 radical (unpaired) electrons. The lowest BCUT2D eigenvalue weighted by molar-refractivity contribution is -0.161. The van der Waals surface area contributed by atoms with Gasteiger partial charge in [0.2, 0.25) is 0 Å². The van der Waals surface area contributed by atoms with Crippen LogP contribution in [-0.2, 0) is 0 Å². The minimum atomic E-state index is -0.872. The van der Waals surface area contributed by atoms with Gasteiger partial charge in [0.25, 0.3) is 0 Å². The number of hydrogen-bond acceptors (Lipinski definition) is 3. The first-order chi connectivity index (χ1) is 9.58. The molecule has 113 valence electrons. The molecule has 0 aromatic rings. The van der Waals surface area contributed by atoms with Crippen LogP contribution in [0, 0.1) is 0 Å². The van der Waals surface area contributed by atoms with E-state index in [1.165, 1.54) is 0 Å². The molecule has 0 aromatic heterocycles. The van der Waals surface area contributed by atoms with E-state index < -0.39 is 11.3 Å². The van der Waals surface area contributed by atoms with Crippen molar-refractivity contribution >= 4 is 0 Å². The van der Waals surface area contributed by atoms with Crippen molar-refractivity contribution in [2.75, 3.05) is 19.6 Å². The predicted molar refractivity (Wildman–Crippen MR) is 80.4 cm³/mol. The fraction of sp³-hybridized carbons (Fsp3) is 0.750. The van der Waals surface area contributed by atoms with Gasteiger partial charge in [0.1, 0.15) is 11.3 Å². The zero-order valence-electron chi connectivity index (χ0n) is 12.3. The molecule has 0 spiro atoms. The van der Waals surface area contributed by atoms with Crippen LogP contribution in [0.4, 0.5) is 0 Å². The average Bonchev–Trinajstić information content (AvgIpc) is 2.43. The highest BCUT2D eigenvalue weighted by Gasteiger charge is 2.55. The van der Waals surface area contributed by atoms with Gasteiger partial charge in [0.15, 0.2) is 0 Å². The first-order valence-electron chi connectivity index (χ1n) is 7.64. The number of likely N-dealkylation sites (tertiary alicyclic amines) is 1. The van der Waals surface area contributed by atoms with E-state index in [9.17, 15) is 10.2 Å². The molecule has 2 N–H and O–H groups in total. The number of piperidine rings is 2. The summed E-state index contributed by atoms with van der Waals surface area (Å²) in [6, 6.07) is 0. The van der Waals surface area contributed by atoms with E-state index in [2.05, 4.69) is 18.1 Å². The van der Waals surface area contributed by atoms with Gasteiger partial charge in [0, 0.05) is 26.1 Å². The monoisotopic (exact) mass is 279 g/mol. The first kappa shape index (κ1) is 15.7. The summed E-state index contributed by atoms with van der Waals surface area (Å²) >= 11 is 0. The van der Waals surface area contributed by atoms with Crippen molar-refractivity contribution in [1.82, 2.24) is 10.2 Å². The van der Waals surface area contributed by atoms with Gasteiger partial charge in [-0.1, -0.05) is 12.2 Å². The molecule has 2 saturated heterocycles. The summed E-state index contributed by atoms with van der Waals surface area (Å²) in [6.07, 6.45) is 7.78. The maximum atomic E-state index is 11.2. The summed E-state index contributed by atoms with van der Waals surface area (Å²) in [5.41, 5.74) is -1.47. The summed E-state index contributed by atoms with van der Waals surface area (Å²) in [4.78, 5) is 2.25. The van der Waals surface area contributed by atoms with Gasteiger partial charge in [-0.3, -0.25) is 4.90 Å². The Morgan fingerprint density at radius 2 is 1.85 bits per heavy atom. The fourth-order valence-corrected chi connectivity index (χ4v) is 3.70. The van der Waals surface area contributed by atoms with Crippen molar-refractivity contribution in [2.24, 2.45) is 0 Å². The first-order valence-corrected chi connectivity index (χ1v) is 7.64. The van der Waals surface area contributed by atoms with Crippen LogP contribution in [0.25, 0.3) is 0 Å². The molecule has 4 nitrogen and oxygen atoms in total. The highest BCUT2D eigenvalue weighted by atomic mass is 16.3. The highest BCUT2D eigenvalue weighted by Crippen LogP contribution is 2.41. The van der Waals surface area contributed by atoms with Gasteiger partial charge in [0.05, 0.1) is 6.10 Å². The van der Waals surface area contributed by atoms with Crippen LogP contribution in [0.5, 0.6) is 0 Å². The van der Waals surface area contributed by atoms with Crippen LogP contribution in [0.15, 0.2) is 25.3 Å². The van der Waals surface area contributed by atoms with Gasteiger partial charge in [-0.25, -0.2) is 5.32 Å². The standard InChI is InChI=1S/C16H27N2O2/c1-3-8-15(20)10-5-11-17-16(15,9-4-2)18-12-6-14(19)7-13-18/h3-4,14,19-20H,1-2,5-13H2. The zero-order chi connectivity index (χ0) is 14.6. The molecule has 2 fully saturated rings. The second-order valence-corrected chi connectivity index (χ2v) is 6.04. The number of rotatable bonds is 5. The molecule has 2 aliphatic heterocycles. The fourth-order valence-electron chi connectivity index (χ4n) is 3.70. The number of hydrogen-bond donors (Lipinski definition) is 2. The van der Waals surface area contributed by atoms with Crippen molar-refractivity contribution < 1.29 is 10.2 Å². The van der Waals surface area contributed by atoms with E-state index in [0.29, 0.717) is 12.8 Å². The molecule has 0 saturated carbocycles. The Hall–Kier alpha value is -0.680. The van der Waals surface area contributed by atoms with E-state index in [1.54, 1.807) is 6.08 Å². The molecule has 2 aliphatic rings. The summed E-state index contributed by atoms with van der Waals surface area (Å²) in [5, 5.41) is 25.8. The maximum Gasteiger partial charge on any atom is 0.120 e. The van der Waals surface area contributed by atoms with Gasteiger partial charge in [-0.05, 0) is 32.1 Å². The highest BCUT2D eigenvalue weighted by molar-refractivity contribution is 5.12. The van der Waals surface area contributed by atoms with Crippen LogP contribution in [0.1, 0.15) is 38.5 Å². The molecule has 20 heavy (non-hydrogen) atoms. The molecule has 0 aromatic carbocycles. The van der Waals surface area contributed by atoms with Crippen LogP contribution >= 0.6 is 0 Å². The van der Waals surface area contributed by atoms with Crippen molar-refractivity contribution in [2.45, 2.75) is 55.9 Å². The Morgan fingerprint density at radius 3 is 2.45 bits per heavy atom. The molecule has 4 heteroatoms. The quantitative estimate of drug-likeness (QED) is 0.748. The van der Waals surface area contributed by atoms with Crippen LogP contribution in [0.2, 0.25) is 0 Å². The summed E-state index contributed by atoms with van der Waals surface area (Å²) in [5.74, 6) is 0. The second-order valence-electron chi connectivity index (χ2n) is 6.04. The second kappa shape index (κ2) is 6.39. The number of aliphatic hydroxyl groups excluding tert-OH is 1. The minimum Gasteiger partial charge on any atom is -0.393 e. The third kappa shape index (κ3) is 2.70. The Morgan fingerprint density at radius 1 is 1.20 bits per heavy atom. The Balaban J connectivity index is 2.29. The molecule has 2 unspecified atom stereocenters. The summed E-state index contributed by atoms with van der Waals surface area (Å²) in [7, 11) is 0. The lowest BCUT2D eigenvalue weighted by atomic mass is 9.74. The van der Waals surface area contributed by atoms with E-state index in [0.717, 1.165) is 45.3 Å². The number of aliphatic hydroxyl groups is 2. The molecular weight excluding hydrogens is 252 g/mol. The van der Waals surface area contributed by atoms with Crippen molar-refractivity contribution in [1.29, 1.82) is 0 Å². The molecule has 2 rings (SSSR count). The predicted octanol–water partition coefficient (Wildman–Crippen LogP) is 1.42. The van der Waals surface area contributed by atoms with Crippen LogP contribution < -0.4 is 5.32 Å². The third-order valence-electron chi connectivity index (χ3n) is 4.77. The number of nitrogens with zero attached hydrogens (tertiary/aromatic N) is 2. The van der Waals surface area contributed by atoms with E-state index in [-0.39, 0.29) is 6.10 Å². The van der Waals surface area contributed by atoms with Gasteiger partial charge < -0.3 is 10.2 Å². The van der Waals surface area contributed by atoms with E-state index in [4.69, 9.17) is 5.32 Å². The normalized spacial score (nSPS) is 36.7. The van der Waals surface area contributed by atoms with Crippen molar-refractivity contribution in [3.63, 3.8) is 0 Å². The van der Waals surface area contributed by atoms with E-state index in [1.807, 2.05) is 6.08 Å². The molecular formula is C16H27N2O2. The topological polar surface area (TPSA) is 57.8 Å². The molecule has 0 amide bonds. The third-order valence-corrected chi connectivity index (χ3v) is 4.77. The van der Waals surface area contributed by atoms with Crippen molar-refractivity contribution in [3.8, 4) is 0 Å². The smallest absolute Gasteiger partial charge is 0.120 e. The van der Waals surface area contributed by atoms with Crippen LogP contribution in [0.3, 0.4) is 0 Å². The van der Waals surface area contributed by atoms with Crippen molar-refractivity contribution in [3.05, 3.63) is 25.3 Å². The molecule has 2 atom stereocenters. The molecule has 0 aliphatic carbocycles. The van der Waals surface area contributed by atoms with Crippen LogP contribution in [-0.4, -0.2) is 52.1 Å². The lowest BCUT2D eigenvalue weighted by Gasteiger charge is -2.56. The minimum absolute atomic E-state index is 0.219. The largest absolute Gasteiger partial charge is 0.393 e. The average molecular weight is 279 g/mol. The lowest BCUT2D eigenvalue weighted by Crippen LogP contribution is -2.72. The SMILES string of the molecule is C=CCC1(O)CCC[N]C1(CC=C)N1CCC(O)CC1. The van der Waals surface area contributed by atoms with Gasteiger partial charge in [-0.15, -0.1) is 13.2 Å². The summed E-state index contributed by atoms with van der Waals surface area (Å²) in [6.45, 7) is 9.99. The maximum absolute atomic E-state index is 11.2. The molecule has 2 heterocycles. The van der Waals surface area contributed by atoms with Gasteiger partial charge >= 0.3 is 0 Å². The van der Waals surface area contributed by atoms with Gasteiger partial charge in [-0.2, -0.15) is 0 Å². The Kier molecular flexibility index (Phi) is 5.02. The zero-order valence-corrected chi connectivity index (χ0v) is 12.3. The molecule has 0 bridgehead atoms. The van der Waals surface area contributed by atoms with E-state index >= 15 is 0 Å². The Labute approximate surface area is 122 Å². The summed E-state index contributed by atoms with van der Waals surface area (Å²) < 4.78 is 0. The Bertz CT molecular complexity index is 352.